The van der Waals surface area contributed by atoms with E-state index in [1.807, 2.05) is 61.5 Å². The summed E-state index contributed by atoms with van der Waals surface area (Å²) in [6, 6.07) is 17.6. The van der Waals surface area contributed by atoms with Gasteiger partial charge in [0.2, 0.25) is 11.1 Å². The molecule has 1 amide bonds. The molecule has 1 atom stereocenters. The predicted molar refractivity (Wildman–Crippen MR) is 105 cm³/mol. The molecule has 0 aliphatic carbocycles. The zero-order valence-corrected chi connectivity index (χ0v) is 16.5. The lowest BCUT2D eigenvalue weighted by molar-refractivity contribution is -0.121. The van der Waals surface area contributed by atoms with Crippen molar-refractivity contribution < 1.29 is 9.32 Å². The molecule has 0 fully saturated rings. The Labute approximate surface area is 165 Å². The van der Waals surface area contributed by atoms with Gasteiger partial charge in [-0.25, -0.2) is 0 Å². The molecule has 3 aromatic rings. The van der Waals surface area contributed by atoms with E-state index in [2.05, 4.69) is 26.4 Å². The fourth-order valence-electron chi connectivity index (χ4n) is 2.77. The maximum absolute atomic E-state index is 12.6. The van der Waals surface area contributed by atoms with Gasteiger partial charge in [0, 0.05) is 16.5 Å². The highest BCUT2D eigenvalue weighted by atomic mass is 79.9. The summed E-state index contributed by atoms with van der Waals surface area (Å²) in [6.45, 7) is 1.82. The van der Waals surface area contributed by atoms with Gasteiger partial charge in [0.25, 0.3) is 0 Å². The van der Waals surface area contributed by atoms with Crippen molar-refractivity contribution >= 4 is 33.4 Å². The number of hydrogen-bond acceptors (Lipinski definition) is 3. The number of aryl methyl sites for hydroxylation is 1. The Kier molecular flexibility index (Phi) is 6.12. The SMILES string of the molecule is Cc1noc(Cl)c1CCC(=O)NC(c1ccccc1)c1ccc(Br)cc1. The second kappa shape index (κ2) is 8.52. The van der Waals surface area contributed by atoms with Crippen LogP contribution in [0.2, 0.25) is 5.22 Å². The molecule has 0 saturated carbocycles. The Morgan fingerprint density at radius 3 is 2.42 bits per heavy atom. The van der Waals surface area contributed by atoms with Crippen molar-refractivity contribution in [1.29, 1.82) is 0 Å². The molecule has 0 radical (unpaired) electrons. The number of halogens is 2. The molecule has 6 heteroatoms. The van der Waals surface area contributed by atoms with E-state index < -0.39 is 0 Å². The number of rotatable bonds is 6. The Hall–Kier alpha value is -2.11. The van der Waals surface area contributed by atoms with Gasteiger partial charge in [0.05, 0.1) is 11.7 Å². The first-order valence-corrected chi connectivity index (χ1v) is 9.42. The molecule has 1 heterocycles. The zero-order valence-electron chi connectivity index (χ0n) is 14.2. The third-order valence-electron chi connectivity index (χ3n) is 4.18. The lowest BCUT2D eigenvalue weighted by atomic mass is 9.98. The van der Waals surface area contributed by atoms with Crippen LogP contribution in [0.4, 0.5) is 0 Å². The maximum atomic E-state index is 12.6. The molecule has 0 aliphatic heterocycles. The number of hydrogen-bond donors (Lipinski definition) is 1. The van der Waals surface area contributed by atoms with Crippen molar-refractivity contribution in [1.82, 2.24) is 10.5 Å². The van der Waals surface area contributed by atoms with Crippen molar-refractivity contribution in [3.05, 3.63) is 86.7 Å². The summed E-state index contributed by atoms with van der Waals surface area (Å²) in [5.74, 6) is -0.0570. The van der Waals surface area contributed by atoms with Gasteiger partial charge in [-0.15, -0.1) is 0 Å². The number of carbonyl (C=O) groups excluding carboxylic acids is 1. The van der Waals surface area contributed by atoms with Crippen LogP contribution in [0.25, 0.3) is 0 Å². The number of nitrogens with one attached hydrogen (secondary N) is 1. The fourth-order valence-corrected chi connectivity index (χ4v) is 3.30. The topological polar surface area (TPSA) is 55.1 Å². The van der Waals surface area contributed by atoms with E-state index in [1.165, 1.54) is 0 Å². The average molecular weight is 434 g/mol. The highest BCUT2D eigenvalue weighted by molar-refractivity contribution is 9.10. The Morgan fingerprint density at radius 1 is 1.15 bits per heavy atom. The van der Waals surface area contributed by atoms with Gasteiger partial charge < -0.3 is 9.84 Å². The molecule has 134 valence electrons. The van der Waals surface area contributed by atoms with Crippen LogP contribution in [0.3, 0.4) is 0 Å². The molecule has 2 aromatic carbocycles. The third-order valence-corrected chi connectivity index (χ3v) is 5.01. The summed E-state index contributed by atoms with van der Waals surface area (Å²) in [5.41, 5.74) is 3.55. The van der Waals surface area contributed by atoms with Crippen LogP contribution < -0.4 is 5.32 Å². The third kappa shape index (κ3) is 4.54. The molecule has 0 bridgehead atoms. The highest BCUT2D eigenvalue weighted by Gasteiger charge is 2.18. The summed E-state index contributed by atoms with van der Waals surface area (Å²) in [4.78, 5) is 12.6. The van der Waals surface area contributed by atoms with E-state index in [4.69, 9.17) is 16.1 Å². The number of nitrogens with zero attached hydrogens (tertiary/aromatic N) is 1. The first kappa shape index (κ1) is 18.7. The second-order valence-corrected chi connectivity index (χ2v) is 7.24. The summed E-state index contributed by atoms with van der Waals surface area (Å²) in [5, 5.41) is 7.19. The van der Waals surface area contributed by atoms with E-state index >= 15 is 0 Å². The van der Waals surface area contributed by atoms with E-state index in [0.717, 1.165) is 26.9 Å². The van der Waals surface area contributed by atoms with Gasteiger partial charge in [0.1, 0.15) is 0 Å². The minimum absolute atomic E-state index is 0.0570. The van der Waals surface area contributed by atoms with E-state index in [1.54, 1.807) is 0 Å². The summed E-state index contributed by atoms with van der Waals surface area (Å²) in [7, 11) is 0. The van der Waals surface area contributed by atoms with E-state index in [9.17, 15) is 4.79 Å². The Bertz CT molecular complexity index is 859. The molecule has 3 rings (SSSR count). The molecule has 0 spiro atoms. The van der Waals surface area contributed by atoms with Crippen molar-refractivity contribution in [2.75, 3.05) is 0 Å². The molecule has 0 saturated heterocycles. The zero-order chi connectivity index (χ0) is 18.5. The lowest BCUT2D eigenvalue weighted by Crippen LogP contribution is -2.29. The number of benzene rings is 2. The van der Waals surface area contributed by atoms with Crippen LogP contribution in [-0.2, 0) is 11.2 Å². The number of aromatic nitrogens is 1. The van der Waals surface area contributed by atoms with Gasteiger partial charge in [0.15, 0.2) is 0 Å². The van der Waals surface area contributed by atoms with Crippen molar-refractivity contribution in [3.63, 3.8) is 0 Å². The maximum Gasteiger partial charge on any atom is 0.229 e. The van der Waals surface area contributed by atoms with Crippen LogP contribution in [-0.4, -0.2) is 11.1 Å². The van der Waals surface area contributed by atoms with E-state index in [-0.39, 0.29) is 17.2 Å². The average Bonchev–Trinajstić information content (AvgIpc) is 2.97. The Morgan fingerprint density at radius 2 is 1.81 bits per heavy atom. The smallest absolute Gasteiger partial charge is 0.229 e. The minimum Gasteiger partial charge on any atom is -0.345 e. The standard InChI is InChI=1S/C20H18BrClN2O2/c1-13-17(20(22)26-24-13)11-12-18(25)23-19(14-5-3-2-4-6-14)15-7-9-16(21)10-8-15/h2-10,19H,11-12H2,1H3,(H,23,25). The monoisotopic (exact) mass is 432 g/mol. The fraction of sp³-hybridized carbons (Fsp3) is 0.200. The van der Waals surface area contributed by atoms with Crippen LogP contribution in [0, 0.1) is 6.92 Å². The highest BCUT2D eigenvalue weighted by Crippen LogP contribution is 2.25. The molecule has 1 aromatic heterocycles. The normalized spacial score (nSPS) is 12.0. The number of amides is 1. The lowest BCUT2D eigenvalue weighted by Gasteiger charge is -2.20. The van der Waals surface area contributed by atoms with Crippen LogP contribution in [0.5, 0.6) is 0 Å². The summed E-state index contributed by atoms with van der Waals surface area (Å²) >= 11 is 9.42. The van der Waals surface area contributed by atoms with Crippen LogP contribution >= 0.6 is 27.5 Å². The molecular weight excluding hydrogens is 416 g/mol. The molecule has 0 aliphatic rings. The molecular formula is C20H18BrClN2O2. The number of carbonyl (C=O) groups is 1. The van der Waals surface area contributed by atoms with Gasteiger partial charge in [-0.05, 0) is 48.2 Å². The van der Waals surface area contributed by atoms with Crippen molar-refractivity contribution in [3.8, 4) is 0 Å². The summed E-state index contributed by atoms with van der Waals surface area (Å²) in [6.07, 6.45) is 0.795. The first-order valence-electron chi connectivity index (χ1n) is 8.25. The van der Waals surface area contributed by atoms with Crippen molar-refractivity contribution in [2.45, 2.75) is 25.8 Å². The van der Waals surface area contributed by atoms with Crippen molar-refractivity contribution in [2.24, 2.45) is 0 Å². The summed E-state index contributed by atoms with van der Waals surface area (Å²) < 4.78 is 5.93. The second-order valence-electron chi connectivity index (χ2n) is 5.98. The van der Waals surface area contributed by atoms with Gasteiger partial charge in [-0.1, -0.05) is 63.6 Å². The molecule has 26 heavy (non-hydrogen) atoms. The molecule has 4 nitrogen and oxygen atoms in total. The van der Waals surface area contributed by atoms with Crippen LogP contribution in [0.15, 0.2) is 63.6 Å². The quantitative estimate of drug-likeness (QED) is 0.578. The minimum atomic E-state index is -0.212. The van der Waals surface area contributed by atoms with Gasteiger partial charge in [-0.3, -0.25) is 4.79 Å². The Balaban J connectivity index is 1.75. The molecule has 1 unspecified atom stereocenters. The van der Waals surface area contributed by atoms with Gasteiger partial charge in [-0.2, -0.15) is 0 Å². The van der Waals surface area contributed by atoms with Crippen LogP contribution in [0.1, 0.15) is 34.8 Å². The van der Waals surface area contributed by atoms with E-state index in [0.29, 0.717) is 12.8 Å². The first-order chi connectivity index (χ1) is 12.5. The largest absolute Gasteiger partial charge is 0.345 e. The molecule has 1 N–H and O–H groups in total. The van der Waals surface area contributed by atoms with Gasteiger partial charge >= 0.3 is 0 Å². The predicted octanol–water partition coefficient (Wildman–Crippen LogP) is 5.24.